The van der Waals surface area contributed by atoms with Gasteiger partial charge in [-0.2, -0.15) is 0 Å². The molecule has 3 aromatic rings. The van der Waals surface area contributed by atoms with Gasteiger partial charge < -0.3 is 15.9 Å². The maximum atomic E-state index is 7.36. The van der Waals surface area contributed by atoms with Crippen LogP contribution in [0.1, 0.15) is 11.1 Å². The first-order valence-corrected chi connectivity index (χ1v) is 8.89. The van der Waals surface area contributed by atoms with E-state index in [1.807, 2.05) is 36.4 Å². The summed E-state index contributed by atoms with van der Waals surface area (Å²) in [6, 6.07) is 12.0. The number of hydrogen-bond donors (Lipinski definition) is 4. The van der Waals surface area contributed by atoms with Crippen LogP contribution in [-0.2, 0) is 11.5 Å². The Morgan fingerprint density at radius 1 is 0.800 bits per heavy atom. The lowest BCUT2D eigenvalue weighted by Crippen LogP contribution is -2.03. The summed E-state index contributed by atoms with van der Waals surface area (Å²) in [7, 11) is 0. The molecule has 0 spiro atoms. The molecule has 0 bridgehead atoms. The number of fused-ring (bicyclic) bond motifs is 3. The fraction of sp³-hybridized carbons (Fsp3) is 0.125. The van der Waals surface area contributed by atoms with E-state index in [4.69, 9.17) is 26.7 Å². The highest BCUT2D eigenvalue weighted by Gasteiger charge is 2.14. The van der Waals surface area contributed by atoms with Crippen LogP contribution in [0.3, 0.4) is 0 Å². The molecule has 5 nitrogen and oxygen atoms in total. The lowest BCUT2D eigenvalue weighted by Gasteiger charge is -2.01. The number of hydrogen-bond acceptors (Lipinski definition) is 5. The number of para-hydroxylation sites is 2. The highest BCUT2D eigenvalue weighted by atomic mass is 79.9. The maximum absolute atomic E-state index is 7.36. The molecular formula is C16H18Br2N4OS2. The average Bonchev–Trinajstić information content (AvgIpc) is 2.90. The number of halogens is 2. The molecule has 9 heteroatoms. The Balaban J connectivity index is 0.00000156. The quantitative estimate of drug-likeness (QED) is 0.294. The normalized spacial score (nSPS) is 10.2. The van der Waals surface area contributed by atoms with Gasteiger partial charge in [0.15, 0.2) is 10.3 Å². The minimum atomic E-state index is 0. The van der Waals surface area contributed by atoms with Crippen LogP contribution in [-0.4, -0.2) is 10.3 Å². The predicted octanol–water partition coefficient (Wildman–Crippen LogP) is 5.00. The molecule has 0 saturated carbocycles. The Labute approximate surface area is 174 Å². The van der Waals surface area contributed by atoms with Crippen molar-refractivity contribution in [3.63, 3.8) is 0 Å². The fourth-order valence-corrected chi connectivity index (χ4v) is 3.55. The number of benzene rings is 2. The zero-order valence-corrected chi connectivity index (χ0v) is 18.1. The van der Waals surface area contributed by atoms with Gasteiger partial charge in [-0.15, -0.1) is 34.0 Å². The molecule has 0 fully saturated rings. The molecule has 0 saturated heterocycles. The molecular weight excluding hydrogens is 488 g/mol. The number of nitrogens with one attached hydrogen (secondary N) is 2. The summed E-state index contributed by atoms with van der Waals surface area (Å²) < 4.78 is 6.13. The summed E-state index contributed by atoms with van der Waals surface area (Å²) in [6.45, 7) is 0. The molecule has 0 aliphatic heterocycles. The largest absolute Gasteiger partial charge is 0.455 e. The summed E-state index contributed by atoms with van der Waals surface area (Å²) in [5.41, 5.74) is 14.6. The van der Waals surface area contributed by atoms with E-state index >= 15 is 0 Å². The van der Waals surface area contributed by atoms with Crippen molar-refractivity contribution in [1.82, 2.24) is 0 Å². The van der Waals surface area contributed by atoms with Crippen LogP contribution in [0.2, 0.25) is 0 Å². The molecule has 2 aromatic carbocycles. The number of nitrogens with two attached hydrogens (primary N) is 2. The van der Waals surface area contributed by atoms with Crippen molar-refractivity contribution in [2.24, 2.45) is 11.5 Å². The fourth-order valence-electron chi connectivity index (χ4n) is 2.48. The van der Waals surface area contributed by atoms with Gasteiger partial charge in [0.1, 0.15) is 11.2 Å². The minimum absolute atomic E-state index is 0. The van der Waals surface area contributed by atoms with Crippen molar-refractivity contribution >= 4 is 89.8 Å². The number of rotatable bonds is 4. The Kier molecular flexibility index (Phi) is 8.33. The van der Waals surface area contributed by atoms with Gasteiger partial charge in [-0.1, -0.05) is 59.9 Å². The topological polar surface area (TPSA) is 113 Å². The molecule has 0 aliphatic rings. The Morgan fingerprint density at radius 2 is 1.20 bits per heavy atom. The van der Waals surface area contributed by atoms with Crippen LogP contribution < -0.4 is 11.5 Å². The second-order valence-corrected chi connectivity index (χ2v) is 7.03. The first kappa shape index (κ1) is 21.9. The number of thioether (sulfide) groups is 2. The highest BCUT2D eigenvalue weighted by Crippen LogP contribution is 2.35. The third-order valence-corrected chi connectivity index (χ3v) is 4.99. The molecule has 3 rings (SSSR count). The van der Waals surface area contributed by atoms with E-state index in [9.17, 15) is 0 Å². The number of amidine groups is 2. The maximum Gasteiger partial charge on any atom is 0.151 e. The van der Waals surface area contributed by atoms with Crippen LogP contribution in [0.25, 0.3) is 21.9 Å². The van der Waals surface area contributed by atoms with E-state index < -0.39 is 0 Å². The lowest BCUT2D eigenvalue weighted by atomic mass is 10.1. The van der Waals surface area contributed by atoms with Gasteiger partial charge in [0, 0.05) is 33.4 Å². The second kappa shape index (κ2) is 9.51. The van der Waals surface area contributed by atoms with Crippen molar-refractivity contribution in [1.29, 1.82) is 10.8 Å². The minimum Gasteiger partial charge on any atom is -0.455 e. The van der Waals surface area contributed by atoms with E-state index in [-0.39, 0.29) is 44.3 Å². The first-order valence-electron chi connectivity index (χ1n) is 6.92. The van der Waals surface area contributed by atoms with Gasteiger partial charge >= 0.3 is 0 Å². The molecule has 0 unspecified atom stereocenters. The van der Waals surface area contributed by atoms with Crippen LogP contribution in [0.15, 0.2) is 40.8 Å². The molecule has 1 aromatic heterocycles. The van der Waals surface area contributed by atoms with E-state index in [1.54, 1.807) is 0 Å². The Morgan fingerprint density at radius 3 is 1.56 bits per heavy atom. The molecule has 0 radical (unpaired) electrons. The van der Waals surface area contributed by atoms with Gasteiger partial charge in [0.05, 0.1) is 0 Å². The summed E-state index contributed by atoms with van der Waals surface area (Å²) >= 11 is 2.56. The van der Waals surface area contributed by atoms with Crippen LogP contribution in [0, 0.1) is 10.8 Å². The Bertz CT molecular complexity index is 841. The average molecular weight is 506 g/mol. The molecule has 25 heavy (non-hydrogen) atoms. The summed E-state index contributed by atoms with van der Waals surface area (Å²) in [6.07, 6.45) is 0. The van der Waals surface area contributed by atoms with Gasteiger partial charge in [0.25, 0.3) is 0 Å². The standard InChI is InChI=1S/C16H16N4OS2.2BrH/c17-15(18)22-7-9-3-1-5-11-12-6-2-4-10(8-23-16(19)20)14(12)21-13(9)11;;/h1-6H,7-8H2,(H3,17,18)(H3,19,20);2*1H. The monoisotopic (exact) mass is 504 g/mol. The van der Waals surface area contributed by atoms with E-state index in [0.717, 1.165) is 33.1 Å². The molecule has 0 atom stereocenters. The first-order chi connectivity index (χ1) is 11.1. The smallest absolute Gasteiger partial charge is 0.151 e. The van der Waals surface area contributed by atoms with Gasteiger partial charge in [-0.3, -0.25) is 10.8 Å². The van der Waals surface area contributed by atoms with Crippen LogP contribution in [0.4, 0.5) is 0 Å². The van der Waals surface area contributed by atoms with Crippen molar-refractivity contribution < 1.29 is 4.42 Å². The molecule has 6 N–H and O–H groups in total. The number of furan rings is 1. The SMILES string of the molecule is Br.Br.N=C(N)SCc1cccc2c1oc1c(CSC(=N)N)cccc12. The summed E-state index contributed by atoms with van der Waals surface area (Å²) in [4.78, 5) is 0. The summed E-state index contributed by atoms with van der Waals surface area (Å²) in [5.74, 6) is 1.20. The Hall–Kier alpha value is -1.16. The van der Waals surface area contributed by atoms with Gasteiger partial charge in [-0.05, 0) is 0 Å². The van der Waals surface area contributed by atoms with Crippen LogP contribution in [0.5, 0.6) is 0 Å². The third kappa shape index (κ3) is 4.93. The van der Waals surface area contributed by atoms with Crippen molar-refractivity contribution in [2.75, 3.05) is 0 Å². The van der Waals surface area contributed by atoms with Gasteiger partial charge in [0.2, 0.25) is 0 Å². The molecule has 1 heterocycles. The molecule has 134 valence electrons. The molecule has 0 amide bonds. The third-order valence-electron chi connectivity index (χ3n) is 3.45. The van der Waals surface area contributed by atoms with Crippen molar-refractivity contribution in [3.05, 3.63) is 47.5 Å². The van der Waals surface area contributed by atoms with Crippen LogP contribution >= 0.6 is 57.5 Å². The molecule has 0 aliphatic carbocycles. The second-order valence-electron chi connectivity index (χ2n) is 5.00. The predicted molar refractivity (Wildman–Crippen MR) is 121 cm³/mol. The van der Waals surface area contributed by atoms with E-state index in [0.29, 0.717) is 11.5 Å². The van der Waals surface area contributed by atoms with Crippen molar-refractivity contribution in [3.8, 4) is 0 Å². The summed E-state index contributed by atoms with van der Waals surface area (Å²) in [5, 5.41) is 17.0. The van der Waals surface area contributed by atoms with E-state index in [1.165, 1.54) is 23.5 Å². The zero-order chi connectivity index (χ0) is 16.4. The highest BCUT2D eigenvalue weighted by molar-refractivity contribution is 8.93. The van der Waals surface area contributed by atoms with E-state index in [2.05, 4.69) is 0 Å². The lowest BCUT2D eigenvalue weighted by molar-refractivity contribution is 0.662. The van der Waals surface area contributed by atoms with Gasteiger partial charge in [-0.25, -0.2) is 0 Å². The van der Waals surface area contributed by atoms with Crippen molar-refractivity contribution in [2.45, 2.75) is 11.5 Å². The zero-order valence-electron chi connectivity index (χ0n) is 13.1.